The number of hydrogen-bond acceptors (Lipinski definition) is 3. The second-order valence-electron chi connectivity index (χ2n) is 4.27. The predicted octanol–water partition coefficient (Wildman–Crippen LogP) is 1.80. The SMILES string of the molecule is C#CC[C@@H](C)NC(=O)Nc1ccc(-n2nccn2)cc1. The minimum absolute atomic E-state index is 0.0625. The Kier molecular flexibility index (Phi) is 4.35. The Labute approximate surface area is 117 Å². The van der Waals surface area contributed by atoms with Crippen LogP contribution in [0.4, 0.5) is 10.5 Å². The van der Waals surface area contributed by atoms with E-state index in [9.17, 15) is 4.79 Å². The standard InChI is InChI=1S/C14H15N5O/c1-3-4-11(2)17-14(20)18-12-5-7-13(8-6-12)19-15-9-10-16-19/h1,5-11H,4H2,2H3,(H2,17,18,20)/t11-/m1/s1. The molecule has 0 aliphatic heterocycles. The zero-order valence-electron chi connectivity index (χ0n) is 11.1. The number of amides is 2. The highest BCUT2D eigenvalue weighted by molar-refractivity contribution is 5.89. The van der Waals surface area contributed by atoms with Crippen LogP contribution in [0.2, 0.25) is 0 Å². The Hall–Kier alpha value is -2.81. The summed E-state index contributed by atoms with van der Waals surface area (Å²) in [4.78, 5) is 13.2. The number of aromatic nitrogens is 3. The lowest BCUT2D eigenvalue weighted by Crippen LogP contribution is -2.35. The van der Waals surface area contributed by atoms with Crippen LogP contribution in [0, 0.1) is 12.3 Å². The van der Waals surface area contributed by atoms with Crippen LogP contribution < -0.4 is 10.6 Å². The summed E-state index contributed by atoms with van der Waals surface area (Å²) in [6.07, 6.45) is 8.89. The van der Waals surface area contributed by atoms with Crippen molar-refractivity contribution < 1.29 is 4.79 Å². The second kappa shape index (κ2) is 6.38. The molecule has 1 aromatic carbocycles. The molecule has 0 saturated carbocycles. The monoisotopic (exact) mass is 269 g/mol. The molecule has 2 rings (SSSR count). The van der Waals surface area contributed by atoms with Gasteiger partial charge in [0.25, 0.3) is 0 Å². The van der Waals surface area contributed by atoms with Gasteiger partial charge in [-0.1, -0.05) is 0 Å². The highest BCUT2D eigenvalue weighted by Crippen LogP contribution is 2.11. The normalized spacial score (nSPS) is 11.4. The molecule has 0 spiro atoms. The van der Waals surface area contributed by atoms with Gasteiger partial charge in [0, 0.05) is 18.2 Å². The van der Waals surface area contributed by atoms with Gasteiger partial charge in [-0.25, -0.2) is 4.79 Å². The summed E-state index contributed by atoms with van der Waals surface area (Å²) < 4.78 is 0. The lowest BCUT2D eigenvalue weighted by Gasteiger charge is -2.12. The number of urea groups is 1. The topological polar surface area (TPSA) is 71.8 Å². The Balaban J connectivity index is 1.94. The maximum atomic E-state index is 11.7. The number of rotatable bonds is 4. The van der Waals surface area contributed by atoms with Crippen LogP contribution >= 0.6 is 0 Å². The number of carbonyl (C=O) groups excluding carboxylic acids is 1. The van der Waals surface area contributed by atoms with Crippen molar-refractivity contribution in [3.8, 4) is 18.0 Å². The van der Waals surface area contributed by atoms with Crippen molar-refractivity contribution in [2.75, 3.05) is 5.32 Å². The lowest BCUT2D eigenvalue weighted by molar-refractivity contribution is 0.249. The summed E-state index contributed by atoms with van der Waals surface area (Å²) in [5, 5.41) is 13.5. The molecule has 0 aliphatic carbocycles. The van der Waals surface area contributed by atoms with E-state index in [4.69, 9.17) is 6.42 Å². The molecule has 2 N–H and O–H groups in total. The molecule has 1 heterocycles. The fourth-order valence-corrected chi connectivity index (χ4v) is 1.65. The van der Waals surface area contributed by atoms with Gasteiger partial charge in [0.15, 0.2) is 0 Å². The first kappa shape index (κ1) is 13.6. The van der Waals surface area contributed by atoms with Gasteiger partial charge in [-0.15, -0.1) is 12.3 Å². The fourth-order valence-electron chi connectivity index (χ4n) is 1.65. The molecule has 0 fully saturated rings. The molecular weight excluding hydrogens is 254 g/mol. The molecular formula is C14H15N5O. The predicted molar refractivity (Wildman–Crippen MR) is 76.4 cm³/mol. The number of nitrogens with one attached hydrogen (secondary N) is 2. The van der Waals surface area contributed by atoms with Gasteiger partial charge in [0.1, 0.15) is 0 Å². The first-order valence-corrected chi connectivity index (χ1v) is 6.17. The lowest BCUT2D eigenvalue weighted by atomic mass is 10.2. The summed E-state index contributed by atoms with van der Waals surface area (Å²) in [7, 11) is 0. The minimum Gasteiger partial charge on any atom is -0.334 e. The van der Waals surface area contributed by atoms with Crippen LogP contribution in [0.5, 0.6) is 0 Å². The molecule has 1 aromatic heterocycles. The van der Waals surface area contributed by atoms with Crippen LogP contribution in [0.25, 0.3) is 5.69 Å². The third-order valence-corrected chi connectivity index (χ3v) is 2.58. The zero-order valence-corrected chi connectivity index (χ0v) is 11.1. The second-order valence-corrected chi connectivity index (χ2v) is 4.27. The quantitative estimate of drug-likeness (QED) is 0.831. The zero-order chi connectivity index (χ0) is 14.4. The smallest absolute Gasteiger partial charge is 0.319 e. The van der Waals surface area contributed by atoms with E-state index in [1.165, 1.54) is 4.80 Å². The minimum atomic E-state index is -0.280. The van der Waals surface area contributed by atoms with Crippen LogP contribution in [-0.2, 0) is 0 Å². The first-order valence-electron chi connectivity index (χ1n) is 6.17. The molecule has 2 amide bonds. The molecule has 0 aliphatic rings. The van der Waals surface area contributed by atoms with Crippen molar-refractivity contribution in [2.24, 2.45) is 0 Å². The molecule has 6 heteroatoms. The molecule has 0 radical (unpaired) electrons. The van der Waals surface area contributed by atoms with Crippen molar-refractivity contribution in [3.05, 3.63) is 36.7 Å². The van der Waals surface area contributed by atoms with Gasteiger partial charge in [-0.3, -0.25) is 0 Å². The molecule has 0 saturated heterocycles. The number of anilines is 1. The van der Waals surface area contributed by atoms with E-state index >= 15 is 0 Å². The van der Waals surface area contributed by atoms with Gasteiger partial charge in [-0.05, 0) is 31.2 Å². The summed E-state index contributed by atoms with van der Waals surface area (Å²) in [6, 6.07) is 6.86. The van der Waals surface area contributed by atoms with E-state index in [1.54, 1.807) is 24.5 Å². The average Bonchev–Trinajstić information content (AvgIpc) is 2.93. The number of carbonyl (C=O) groups is 1. The van der Waals surface area contributed by atoms with E-state index in [2.05, 4.69) is 26.8 Å². The largest absolute Gasteiger partial charge is 0.334 e. The van der Waals surface area contributed by atoms with Crippen molar-refractivity contribution in [2.45, 2.75) is 19.4 Å². The van der Waals surface area contributed by atoms with E-state index in [0.717, 1.165) is 5.69 Å². The van der Waals surface area contributed by atoms with E-state index in [-0.39, 0.29) is 12.1 Å². The molecule has 2 aromatic rings. The van der Waals surface area contributed by atoms with E-state index in [1.807, 2.05) is 19.1 Å². The fraction of sp³-hybridized carbons (Fsp3) is 0.214. The highest BCUT2D eigenvalue weighted by atomic mass is 16.2. The number of terminal acetylenes is 1. The molecule has 1 atom stereocenters. The summed E-state index contributed by atoms with van der Waals surface area (Å²) >= 11 is 0. The van der Waals surface area contributed by atoms with Crippen molar-refractivity contribution >= 4 is 11.7 Å². The maximum absolute atomic E-state index is 11.7. The van der Waals surface area contributed by atoms with E-state index < -0.39 is 0 Å². The molecule has 0 bridgehead atoms. The number of nitrogens with zero attached hydrogens (tertiary/aromatic N) is 3. The van der Waals surface area contributed by atoms with Crippen LogP contribution in [0.3, 0.4) is 0 Å². The molecule has 0 unspecified atom stereocenters. The third-order valence-electron chi connectivity index (χ3n) is 2.58. The number of benzene rings is 1. The van der Waals surface area contributed by atoms with Gasteiger partial charge in [0.2, 0.25) is 0 Å². The van der Waals surface area contributed by atoms with Gasteiger partial charge in [-0.2, -0.15) is 15.0 Å². The summed E-state index contributed by atoms with van der Waals surface area (Å²) in [6.45, 7) is 1.85. The maximum Gasteiger partial charge on any atom is 0.319 e. The van der Waals surface area contributed by atoms with Crippen LogP contribution in [0.15, 0.2) is 36.7 Å². The Morgan fingerprint density at radius 3 is 2.60 bits per heavy atom. The van der Waals surface area contributed by atoms with Gasteiger partial charge >= 0.3 is 6.03 Å². The molecule has 6 nitrogen and oxygen atoms in total. The highest BCUT2D eigenvalue weighted by Gasteiger charge is 2.06. The number of hydrogen-bond donors (Lipinski definition) is 2. The molecule has 102 valence electrons. The summed E-state index contributed by atoms with van der Waals surface area (Å²) in [5.41, 5.74) is 1.51. The third kappa shape index (κ3) is 3.59. The van der Waals surface area contributed by atoms with Crippen LogP contribution in [-0.4, -0.2) is 27.1 Å². The average molecular weight is 269 g/mol. The summed E-state index contributed by atoms with van der Waals surface area (Å²) in [5.74, 6) is 2.50. The van der Waals surface area contributed by atoms with Gasteiger partial charge in [0.05, 0.1) is 18.1 Å². The Bertz CT molecular complexity index is 597. The van der Waals surface area contributed by atoms with E-state index in [0.29, 0.717) is 12.1 Å². The molecule has 20 heavy (non-hydrogen) atoms. The van der Waals surface area contributed by atoms with Gasteiger partial charge < -0.3 is 10.6 Å². The first-order chi connectivity index (χ1) is 9.69. The van der Waals surface area contributed by atoms with Crippen molar-refractivity contribution in [3.63, 3.8) is 0 Å². The van der Waals surface area contributed by atoms with Crippen LogP contribution in [0.1, 0.15) is 13.3 Å². The Morgan fingerprint density at radius 1 is 1.35 bits per heavy atom. The Morgan fingerprint density at radius 2 is 2.00 bits per heavy atom. The van der Waals surface area contributed by atoms with Crippen molar-refractivity contribution in [1.82, 2.24) is 20.3 Å². The van der Waals surface area contributed by atoms with Crippen molar-refractivity contribution in [1.29, 1.82) is 0 Å².